The largest absolute Gasteiger partial charge is 0.395 e. The van der Waals surface area contributed by atoms with E-state index in [2.05, 4.69) is 5.32 Å². The van der Waals surface area contributed by atoms with Crippen LogP contribution in [0.3, 0.4) is 0 Å². The number of aliphatic hydroxyl groups excluding tert-OH is 1. The molecule has 4 nitrogen and oxygen atoms in total. The molecule has 0 aromatic rings. The molecule has 0 aromatic heterocycles. The first-order valence-electron chi connectivity index (χ1n) is 8.42. The van der Waals surface area contributed by atoms with E-state index in [9.17, 15) is 4.79 Å². The lowest BCUT2D eigenvalue weighted by molar-refractivity contribution is 0.165. The molecule has 2 aliphatic carbocycles. The molecule has 0 spiro atoms. The first-order chi connectivity index (χ1) is 9.76. The van der Waals surface area contributed by atoms with Crippen molar-refractivity contribution in [2.24, 2.45) is 11.8 Å². The van der Waals surface area contributed by atoms with Gasteiger partial charge in [0.25, 0.3) is 0 Å². The molecule has 20 heavy (non-hydrogen) atoms. The van der Waals surface area contributed by atoms with Gasteiger partial charge in [0.1, 0.15) is 0 Å². The summed E-state index contributed by atoms with van der Waals surface area (Å²) in [5, 5.41) is 12.4. The minimum Gasteiger partial charge on any atom is -0.395 e. The average Bonchev–Trinajstić information content (AvgIpc) is 3.14. The highest BCUT2D eigenvalue weighted by atomic mass is 16.3. The second-order valence-corrected chi connectivity index (χ2v) is 6.37. The summed E-state index contributed by atoms with van der Waals surface area (Å²) < 4.78 is 0. The van der Waals surface area contributed by atoms with Gasteiger partial charge in [-0.25, -0.2) is 4.79 Å². The van der Waals surface area contributed by atoms with Crippen molar-refractivity contribution in [1.29, 1.82) is 0 Å². The summed E-state index contributed by atoms with van der Waals surface area (Å²) in [6.07, 6.45) is 10.4. The number of nitrogens with one attached hydrogen (secondary N) is 1. The monoisotopic (exact) mass is 282 g/mol. The lowest BCUT2D eigenvalue weighted by Crippen LogP contribution is -2.50. The lowest BCUT2D eigenvalue weighted by atomic mass is 9.86. The molecule has 2 amide bonds. The molecule has 0 bridgehead atoms. The number of likely N-dealkylation sites (N-methyl/N-ethyl adjacent to an activating group) is 1. The number of aliphatic hydroxyl groups is 1. The van der Waals surface area contributed by atoms with E-state index in [0.717, 1.165) is 0 Å². The molecular formula is C16H30N2O2. The number of carbonyl (C=O) groups is 1. The van der Waals surface area contributed by atoms with E-state index < -0.39 is 0 Å². The standard InChI is InChI=1S/C16H30N2O2/c1-2-18(11-12-19)16(20)17-15(13-7-3-4-8-13)14-9-5-6-10-14/h13-15,19H,2-12H2,1H3,(H,17,20). The van der Waals surface area contributed by atoms with E-state index in [4.69, 9.17) is 5.11 Å². The molecule has 2 fully saturated rings. The molecule has 0 unspecified atom stereocenters. The topological polar surface area (TPSA) is 52.6 Å². The van der Waals surface area contributed by atoms with Crippen molar-refractivity contribution < 1.29 is 9.90 Å². The van der Waals surface area contributed by atoms with Gasteiger partial charge in [-0.3, -0.25) is 0 Å². The van der Waals surface area contributed by atoms with Gasteiger partial charge in [0.15, 0.2) is 0 Å². The van der Waals surface area contributed by atoms with E-state index >= 15 is 0 Å². The van der Waals surface area contributed by atoms with Crippen molar-refractivity contribution in [2.75, 3.05) is 19.7 Å². The van der Waals surface area contributed by atoms with Gasteiger partial charge in [0.05, 0.1) is 6.61 Å². The third-order valence-corrected chi connectivity index (χ3v) is 5.14. The Kier molecular flexibility index (Phi) is 6.14. The Morgan fingerprint density at radius 1 is 1.15 bits per heavy atom. The summed E-state index contributed by atoms with van der Waals surface area (Å²) in [4.78, 5) is 14.1. The second-order valence-electron chi connectivity index (χ2n) is 6.37. The number of hydrogen-bond acceptors (Lipinski definition) is 2. The molecule has 2 rings (SSSR count). The van der Waals surface area contributed by atoms with E-state index in [1.165, 1.54) is 51.4 Å². The molecule has 0 heterocycles. The predicted molar refractivity (Wildman–Crippen MR) is 80.6 cm³/mol. The Hall–Kier alpha value is -0.770. The SMILES string of the molecule is CCN(CCO)C(=O)NC(C1CCCC1)C1CCCC1. The predicted octanol–water partition coefficient (Wildman–Crippen LogP) is 2.76. The van der Waals surface area contributed by atoms with Crippen LogP contribution >= 0.6 is 0 Å². The molecule has 116 valence electrons. The van der Waals surface area contributed by atoms with Crippen LogP contribution in [0.2, 0.25) is 0 Å². The Morgan fingerprint density at radius 2 is 1.65 bits per heavy atom. The maximum atomic E-state index is 12.4. The van der Waals surface area contributed by atoms with Gasteiger partial charge in [-0.05, 0) is 44.4 Å². The fraction of sp³-hybridized carbons (Fsp3) is 0.938. The maximum absolute atomic E-state index is 12.4. The zero-order valence-electron chi connectivity index (χ0n) is 12.8. The summed E-state index contributed by atoms with van der Waals surface area (Å²) in [5.74, 6) is 1.35. The molecule has 0 radical (unpaired) electrons. The Bertz CT molecular complexity index is 281. The Balaban J connectivity index is 1.96. The molecule has 4 heteroatoms. The molecule has 0 atom stereocenters. The quantitative estimate of drug-likeness (QED) is 0.787. The highest BCUT2D eigenvalue weighted by molar-refractivity contribution is 5.74. The van der Waals surface area contributed by atoms with Gasteiger partial charge >= 0.3 is 6.03 Å². The van der Waals surface area contributed by atoms with Crippen molar-refractivity contribution in [2.45, 2.75) is 64.3 Å². The van der Waals surface area contributed by atoms with Crippen molar-refractivity contribution in [1.82, 2.24) is 10.2 Å². The molecule has 0 aliphatic heterocycles. The smallest absolute Gasteiger partial charge is 0.317 e. The van der Waals surface area contributed by atoms with Gasteiger partial charge in [0, 0.05) is 19.1 Å². The van der Waals surface area contributed by atoms with E-state index in [-0.39, 0.29) is 12.6 Å². The van der Waals surface area contributed by atoms with Crippen LogP contribution in [0.5, 0.6) is 0 Å². The third-order valence-electron chi connectivity index (χ3n) is 5.14. The fourth-order valence-electron chi connectivity index (χ4n) is 4.01. The number of carbonyl (C=O) groups excluding carboxylic acids is 1. The van der Waals surface area contributed by atoms with Crippen LogP contribution in [0.25, 0.3) is 0 Å². The molecule has 2 aliphatic rings. The normalized spacial score (nSPS) is 20.8. The van der Waals surface area contributed by atoms with E-state index in [1.54, 1.807) is 4.90 Å². The molecule has 2 N–H and O–H groups in total. The summed E-state index contributed by atoms with van der Waals surface area (Å²) in [7, 11) is 0. The second kappa shape index (κ2) is 7.87. The zero-order valence-corrected chi connectivity index (χ0v) is 12.8. The number of amides is 2. The lowest BCUT2D eigenvalue weighted by Gasteiger charge is -2.32. The van der Waals surface area contributed by atoms with Crippen LogP contribution in [0.1, 0.15) is 58.3 Å². The average molecular weight is 282 g/mol. The Morgan fingerprint density at radius 3 is 2.05 bits per heavy atom. The van der Waals surface area contributed by atoms with Crippen molar-refractivity contribution >= 4 is 6.03 Å². The summed E-state index contributed by atoms with van der Waals surface area (Å²) in [6.45, 7) is 3.10. The van der Waals surface area contributed by atoms with Gasteiger partial charge in [0.2, 0.25) is 0 Å². The number of hydrogen-bond donors (Lipinski definition) is 2. The number of nitrogens with zero attached hydrogens (tertiary/aromatic N) is 1. The molecular weight excluding hydrogens is 252 g/mol. The summed E-state index contributed by atoms with van der Waals surface area (Å²) in [5.41, 5.74) is 0. The van der Waals surface area contributed by atoms with Gasteiger partial charge in [-0.15, -0.1) is 0 Å². The van der Waals surface area contributed by atoms with E-state index in [0.29, 0.717) is 31.0 Å². The maximum Gasteiger partial charge on any atom is 0.317 e. The van der Waals surface area contributed by atoms with Gasteiger partial charge < -0.3 is 15.3 Å². The van der Waals surface area contributed by atoms with Gasteiger partial charge in [-0.2, -0.15) is 0 Å². The minimum atomic E-state index is 0.0188. The molecule has 0 saturated heterocycles. The van der Waals surface area contributed by atoms with Crippen LogP contribution in [-0.2, 0) is 0 Å². The van der Waals surface area contributed by atoms with Crippen molar-refractivity contribution in [3.05, 3.63) is 0 Å². The van der Waals surface area contributed by atoms with Crippen LogP contribution in [0.4, 0.5) is 4.79 Å². The van der Waals surface area contributed by atoms with E-state index in [1.807, 2.05) is 6.92 Å². The first kappa shape index (κ1) is 15.6. The summed E-state index contributed by atoms with van der Waals surface area (Å²) in [6, 6.07) is 0.380. The Labute approximate surface area is 122 Å². The van der Waals surface area contributed by atoms with Crippen molar-refractivity contribution in [3.63, 3.8) is 0 Å². The van der Waals surface area contributed by atoms with Crippen LogP contribution < -0.4 is 5.32 Å². The van der Waals surface area contributed by atoms with Crippen LogP contribution in [0.15, 0.2) is 0 Å². The zero-order chi connectivity index (χ0) is 14.4. The fourth-order valence-corrected chi connectivity index (χ4v) is 4.01. The molecule has 0 aromatic carbocycles. The van der Waals surface area contributed by atoms with Crippen LogP contribution in [0, 0.1) is 11.8 Å². The van der Waals surface area contributed by atoms with Gasteiger partial charge in [-0.1, -0.05) is 25.7 Å². The van der Waals surface area contributed by atoms with Crippen molar-refractivity contribution in [3.8, 4) is 0 Å². The number of rotatable bonds is 6. The highest BCUT2D eigenvalue weighted by Crippen LogP contribution is 2.37. The minimum absolute atomic E-state index is 0.0188. The molecule has 2 saturated carbocycles. The highest BCUT2D eigenvalue weighted by Gasteiger charge is 2.34. The first-order valence-corrected chi connectivity index (χ1v) is 8.42. The number of urea groups is 1. The van der Waals surface area contributed by atoms with Crippen LogP contribution in [-0.4, -0.2) is 41.8 Å². The third kappa shape index (κ3) is 3.87. The summed E-state index contributed by atoms with van der Waals surface area (Å²) >= 11 is 0.